The van der Waals surface area contributed by atoms with Crippen molar-refractivity contribution >= 4 is 12.0 Å². The average Bonchev–Trinajstić information content (AvgIpc) is 2.67. The van der Waals surface area contributed by atoms with Crippen LogP contribution in [0.2, 0.25) is 0 Å². The SMILES string of the molecule is CCN(CC=Cc1ccccc1OC)Cc1ccc(C(=O)N(C)C)cc1. The number of benzene rings is 2. The van der Waals surface area contributed by atoms with Gasteiger partial charge in [0.2, 0.25) is 0 Å². The topological polar surface area (TPSA) is 32.8 Å². The molecule has 0 aromatic heterocycles. The van der Waals surface area contributed by atoms with Gasteiger partial charge >= 0.3 is 0 Å². The lowest BCUT2D eigenvalue weighted by Gasteiger charge is -2.19. The summed E-state index contributed by atoms with van der Waals surface area (Å²) in [5.74, 6) is 0.914. The molecule has 0 fully saturated rings. The minimum atomic E-state index is 0.0311. The van der Waals surface area contributed by atoms with Gasteiger partial charge in [0.05, 0.1) is 7.11 Å². The number of ether oxygens (including phenoxy) is 1. The first-order valence-electron chi connectivity index (χ1n) is 8.87. The fraction of sp³-hybridized carbons (Fsp3) is 0.318. The van der Waals surface area contributed by atoms with E-state index in [9.17, 15) is 4.79 Å². The Labute approximate surface area is 156 Å². The van der Waals surface area contributed by atoms with Crippen LogP contribution >= 0.6 is 0 Å². The van der Waals surface area contributed by atoms with E-state index in [0.717, 1.165) is 36.5 Å². The molecule has 4 heteroatoms. The fourth-order valence-corrected chi connectivity index (χ4v) is 2.71. The van der Waals surface area contributed by atoms with Gasteiger partial charge in [0, 0.05) is 38.3 Å². The van der Waals surface area contributed by atoms with Crippen LogP contribution in [0.4, 0.5) is 0 Å². The second kappa shape index (κ2) is 9.78. The predicted octanol–water partition coefficient (Wildman–Crippen LogP) is 3.93. The van der Waals surface area contributed by atoms with Crippen LogP contribution in [0.25, 0.3) is 6.08 Å². The molecule has 0 bridgehead atoms. The Morgan fingerprint density at radius 2 is 1.77 bits per heavy atom. The Morgan fingerprint density at radius 3 is 2.38 bits per heavy atom. The number of amides is 1. The van der Waals surface area contributed by atoms with Crippen molar-refractivity contribution < 1.29 is 9.53 Å². The highest BCUT2D eigenvalue weighted by atomic mass is 16.5. The number of likely N-dealkylation sites (N-methyl/N-ethyl adjacent to an activating group) is 1. The minimum Gasteiger partial charge on any atom is -0.496 e. The van der Waals surface area contributed by atoms with E-state index in [4.69, 9.17) is 4.74 Å². The van der Waals surface area contributed by atoms with Crippen molar-refractivity contribution in [2.75, 3.05) is 34.3 Å². The zero-order valence-electron chi connectivity index (χ0n) is 16.1. The Balaban J connectivity index is 1.97. The second-order valence-electron chi connectivity index (χ2n) is 6.37. The smallest absolute Gasteiger partial charge is 0.253 e. The van der Waals surface area contributed by atoms with Crippen molar-refractivity contribution in [2.45, 2.75) is 13.5 Å². The van der Waals surface area contributed by atoms with Gasteiger partial charge in [0.1, 0.15) is 5.75 Å². The van der Waals surface area contributed by atoms with Crippen molar-refractivity contribution in [3.8, 4) is 5.75 Å². The van der Waals surface area contributed by atoms with Gasteiger partial charge in [0.25, 0.3) is 5.91 Å². The molecule has 2 rings (SSSR count). The van der Waals surface area contributed by atoms with E-state index in [0.29, 0.717) is 0 Å². The lowest BCUT2D eigenvalue weighted by atomic mass is 10.1. The number of rotatable bonds is 8. The van der Waals surface area contributed by atoms with Crippen LogP contribution < -0.4 is 4.74 Å². The standard InChI is InChI=1S/C22H28N2O2/c1-5-24(16-8-10-19-9-6-7-11-21(19)26-4)17-18-12-14-20(15-13-18)22(25)23(2)3/h6-15H,5,16-17H2,1-4H3. The number of carbonyl (C=O) groups is 1. The first kappa shape index (κ1) is 19.7. The average molecular weight is 352 g/mol. The van der Waals surface area contributed by atoms with Crippen molar-refractivity contribution in [2.24, 2.45) is 0 Å². The molecule has 138 valence electrons. The van der Waals surface area contributed by atoms with Gasteiger partial charge in [0.15, 0.2) is 0 Å². The normalized spacial score (nSPS) is 11.1. The molecule has 2 aromatic rings. The number of carbonyl (C=O) groups excluding carboxylic acids is 1. The van der Waals surface area contributed by atoms with Gasteiger partial charge in [-0.05, 0) is 30.3 Å². The largest absolute Gasteiger partial charge is 0.496 e. The van der Waals surface area contributed by atoms with Gasteiger partial charge in [-0.2, -0.15) is 0 Å². The van der Waals surface area contributed by atoms with Crippen molar-refractivity contribution in [1.29, 1.82) is 0 Å². The number of methoxy groups -OCH3 is 1. The van der Waals surface area contributed by atoms with Crippen molar-refractivity contribution in [3.05, 3.63) is 71.3 Å². The van der Waals surface area contributed by atoms with E-state index in [-0.39, 0.29) is 5.91 Å². The monoisotopic (exact) mass is 352 g/mol. The molecule has 0 saturated carbocycles. The molecule has 0 heterocycles. The second-order valence-corrected chi connectivity index (χ2v) is 6.37. The lowest BCUT2D eigenvalue weighted by molar-refractivity contribution is 0.0827. The van der Waals surface area contributed by atoms with Gasteiger partial charge in [-0.3, -0.25) is 9.69 Å². The third kappa shape index (κ3) is 5.46. The summed E-state index contributed by atoms with van der Waals surface area (Å²) in [5, 5.41) is 0. The molecule has 0 radical (unpaired) electrons. The first-order chi connectivity index (χ1) is 12.5. The molecule has 0 N–H and O–H groups in total. The molecule has 0 saturated heterocycles. The van der Waals surface area contributed by atoms with Crippen LogP contribution in [-0.2, 0) is 6.54 Å². The molecular formula is C22H28N2O2. The summed E-state index contributed by atoms with van der Waals surface area (Å²) in [6.45, 7) is 4.81. The zero-order valence-corrected chi connectivity index (χ0v) is 16.1. The summed E-state index contributed by atoms with van der Waals surface area (Å²) >= 11 is 0. The number of hydrogen-bond acceptors (Lipinski definition) is 3. The minimum absolute atomic E-state index is 0.0311. The summed E-state index contributed by atoms with van der Waals surface area (Å²) < 4.78 is 5.38. The predicted molar refractivity (Wildman–Crippen MR) is 107 cm³/mol. The van der Waals surface area contributed by atoms with Crippen molar-refractivity contribution in [3.63, 3.8) is 0 Å². The molecule has 0 unspecified atom stereocenters. The maximum Gasteiger partial charge on any atom is 0.253 e. The Kier molecular flexibility index (Phi) is 7.42. The summed E-state index contributed by atoms with van der Waals surface area (Å²) in [6.07, 6.45) is 4.26. The van der Waals surface area contributed by atoms with E-state index in [1.807, 2.05) is 48.5 Å². The van der Waals surface area contributed by atoms with Gasteiger partial charge < -0.3 is 9.64 Å². The Bertz CT molecular complexity index is 736. The lowest BCUT2D eigenvalue weighted by Crippen LogP contribution is -2.23. The number of hydrogen-bond donors (Lipinski definition) is 0. The Morgan fingerprint density at radius 1 is 1.08 bits per heavy atom. The molecule has 26 heavy (non-hydrogen) atoms. The third-order valence-corrected chi connectivity index (χ3v) is 4.26. The van der Waals surface area contributed by atoms with Gasteiger partial charge in [-0.15, -0.1) is 0 Å². The van der Waals surface area contributed by atoms with E-state index in [2.05, 4.69) is 24.0 Å². The molecular weight excluding hydrogens is 324 g/mol. The first-order valence-corrected chi connectivity index (χ1v) is 8.87. The van der Waals surface area contributed by atoms with E-state index in [1.165, 1.54) is 5.56 Å². The van der Waals surface area contributed by atoms with Gasteiger partial charge in [-0.25, -0.2) is 0 Å². The molecule has 4 nitrogen and oxygen atoms in total. The van der Waals surface area contributed by atoms with E-state index >= 15 is 0 Å². The van der Waals surface area contributed by atoms with Crippen LogP contribution in [0.3, 0.4) is 0 Å². The van der Waals surface area contributed by atoms with Crippen LogP contribution in [0.5, 0.6) is 5.75 Å². The molecule has 0 atom stereocenters. The summed E-state index contributed by atoms with van der Waals surface area (Å²) in [6, 6.07) is 15.9. The molecule has 2 aromatic carbocycles. The highest BCUT2D eigenvalue weighted by molar-refractivity contribution is 5.93. The molecule has 0 spiro atoms. The van der Waals surface area contributed by atoms with Gasteiger partial charge in [-0.1, -0.05) is 49.4 Å². The molecule has 0 aliphatic heterocycles. The van der Waals surface area contributed by atoms with E-state index < -0.39 is 0 Å². The summed E-state index contributed by atoms with van der Waals surface area (Å²) in [4.78, 5) is 15.9. The maximum atomic E-state index is 12.0. The highest BCUT2D eigenvalue weighted by Gasteiger charge is 2.08. The summed E-state index contributed by atoms with van der Waals surface area (Å²) in [7, 11) is 5.22. The van der Waals surface area contributed by atoms with Crippen LogP contribution in [0.1, 0.15) is 28.4 Å². The highest BCUT2D eigenvalue weighted by Crippen LogP contribution is 2.18. The Hall–Kier alpha value is -2.59. The molecule has 1 amide bonds. The van der Waals surface area contributed by atoms with Crippen molar-refractivity contribution in [1.82, 2.24) is 9.80 Å². The van der Waals surface area contributed by atoms with E-state index in [1.54, 1.807) is 26.1 Å². The quantitative estimate of drug-likeness (QED) is 0.722. The number of para-hydroxylation sites is 1. The van der Waals surface area contributed by atoms with Crippen LogP contribution in [-0.4, -0.2) is 50.0 Å². The summed E-state index contributed by atoms with van der Waals surface area (Å²) in [5.41, 5.74) is 3.00. The number of nitrogens with zero attached hydrogens (tertiary/aromatic N) is 2. The van der Waals surface area contributed by atoms with Crippen LogP contribution in [0.15, 0.2) is 54.6 Å². The van der Waals surface area contributed by atoms with Crippen LogP contribution in [0, 0.1) is 0 Å². The zero-order chi connectivity index (χ0) is 18.9. The molecule has 0 aliphatic carbocycles. The molecule has 0 aliphatic rings. The maximum absolute atomic E-state index is 12.0. The third-order valence-electron chi connectivity index (χ3n) is 4.26. The fourth-order valence-electron chi connectivity index (χ4n) is 2.71.